The summed E-state index contributed by atoms with van der Waals surface area (Å²) >= 11 is 5.97. The van der Waals surface area contributed by atoms with Gasteiger partial charge in [-0.3, -0.25) is 4.79 Å². The summed E-state index contributed by atoms with van der Waals surface area (Å²) in [5.74, 6) is 0.638. The molecule has 1 amide bonds. The number of carbonyl (C=O) groups excluding carboxylic acids is 1. The van der Waals surface area contributed by atoms with Gasteiger partial charge in [0, 0.05) is 11.7 Å². The lowest BCUT2D eigenvalue weighted by Crippen LogP contribution is -2.31. The van der Waals surface area contributed by atoms with Crippen molar-refractivity contribution in [2.45, 2.75) is 18.9 Å². The fourth-order valence-corrected chi connectivity index (χ4v) is 1.72. The first kappa shape index (κ1) is 12.0. The van der Waals surface area contributed by atoms with Crippen LogP contribution >= 0.6 is 11.6 Å². The molecule has 4 nitrogen and oxygen atoms in total. The quantitative estimate of drug-likeness (QED) is 0.846. The average Bonchev–Trinajstić information content (AvgIpc) is 3.10. The van der Waals surface area contributed by atoms with Gasteiger partial charge in [0.1, 0.15) is 5.75 Å². The molecule has 0 radical (unpaired) electrons. The largest absolute Gasteiger partial charge is 0.495 e. The molecule has 1 saturated carbocycles. The molecule has 1 aliphatic carbocycles. The van der Waals surface area contributed by atoms with Crippen LogP contribution in [0.25, 0.3) is 0 Å². The lowest BCUT2D eigenvalue weighted by molar-refractivity contribution is -0.119. The molecule has 1 aliphatic rings. The maximum atomic E-state index is 11.4. The van der Waals surface area contributed by atoms with Gasteiger partial charge in [-0.05, 0) is 31.0 Å². The first-order valence-electron chi connectivity index (χ1n) is 5.56. The molecule has 2 N–H and O–H groups in total. The van der Waals surface area contributed by atoms with Gasteiger partial charge in [-0.15, -0.1) is 0 Å². The predicted molar refractivity (Wildman–Crippen MR) is 67.7 cm³/mol. The minimum atomic E-state index is 0.0134. The van der Waals surface area contributed by atoms with Crippen molar-refractivity contribution in [3.63, 3.8) is 0 Å². The van der Waals surface area contributed by atoms with Crippen LogP contribution in [0.5, 0.6) is 5.75 Å². The van der Waals surface area contributed by atoms with Crippen molar-refractivity contribution in [2.24, 2.45) is 0 Å². The smallest absolute Gasteiger partial charge is 0.239 e. The summed E-state index contributed by atoms with van der Waals surface area (Å²) in [5, 5.41) is 6.45. The SMILES string of the molecule is COc1ccc(NCC(=O)NC2CC2)cc1Cl. The Morgan fingerprint density at radius 3 is 2.88 bits per heavy atom. The van der Waals surface area contributed by atoms with Crippen LogP contribution in [0.1, 0.15) is 12.8 Å². The average molecular weight is 255 g/mol. The van der Waals surface area contributed by atoms with Crippen LogP contribution in [0, 0.1) is 0 Å². The van der Waals surface area contributed by atoms with E-state index in [0.717, 1.165) is 18.5 Å². The van der Waals surface area contributed by atoms with E-state index in [1.165, 1.54) is 0 Å². The van der Waals surface area contributed by atoms with Crippen LogP contribution in [0.4, 0.5) is 5.69 Å². The molecule has 5 heteroatoms. The van der Waals surface area contributed by atoms with Gasteiger partial charge in [0.05, 0.1) is 18.7 Å². The van der Waals surface area contributed by atoms with Crippen molar-refractivity contribution in [2.75, 3.05) is 19.0 Å². The number of rotatable bonds is 5. The minimum Gasteiger partial charge on any atom is -0.495 e. The Morgan fingerprint density at radius 1 is 1.53 bits per heavy atom. The summed E-state index contributed by atoms with van der Waals surface area (Å²) in [7, 11) is 1.57. The van der Waals surface area contributed by atoms with E-state index in [0.29, 0.717) is 16.8 Å². The monoisotopic (exact) mass is 254 g/mol. The second kappa shape index (κ2) is 5.27. The van der Waals surface area contributed by atoms with E-state index in [4.69, 9.17) is 16.3 Å². The summed E-state index contributed by atoms with van der Waals surface area (Å²) in [6, 6.07) is 5.73. The maximum Gasteiger partial charge on any atom is 0.239 e. The molecule has 1 aromatic carbocycles. The Labute approximate surface area is 105 Å². The van der Waals surface area contributed by atoms with Gasteiger partial charge >= 0.3 is 0 Å². The molecule has 92 valence electrons. The third-order valence-corrected chi connectivity index (χ3v) is 2.84. The van der Waals surface area contributed by atoms with Crippen LogP contribution in [-0.2, 0) is 4.79 Å². The van der Waals surface area contributed by atoms with Crippen molar-refractivity contribution in [3.05, 3.63) is 23.2 Å². The van der Waals surface area contributed by atoms with E-state index in [1.54, 1.807) is 19.2 Å². The van der Waals surface area contributed by atoms with Gasteiger partial charge < -0.3 is 15.4 Å². The zero-order valence-electron chi connectivity index (χ0n) is 9.63. The summed E-state index contributed by atoms with van der Waals surface area (Å²) in [5.41, 5.74) is 0.807. The number of anilines is 1. The van der Waals surface area contributed by atoms with Crippen LogP contribution < -0.4 is 15.4 Å². The van der Waals surface area contributed by atoms with E-state index in [9.17, 15) is 4.79 Å². The lowest BCUT2D eigenvalue weighted by Gasteiger charge is -2.09. The van der Waals surface area contributed by atoms with Gasteiger partial charge in [-0.1, -0.05) is 11.6 Å². The predicted octanol–water partition coefficient (Wildman–Crippen LogP) is 2.04. The summed E-state index contributed by atoms with van der Waals surface area (Å²) < 4.78 is 5.05. The molecule has 0 spiro atoms. The van der Waals surface area contributed by atoms with E-state index in [1.807, 2.05) is 6.07 Å². The second-order valence-electron chi connectivity index (χ2n) is 4.04. The van der Waals surface area contributed by atoms with Crippen LogP contribution in [0.2, 0.25) is 5.02 Å². The first-order chi connectivity index (χ1) is 8.19. The zero-order chi connectivity index (χ0) is 12.3. The van der Waals surface area contributed by atoms with Crippen molar-refractivity contribution < 1.29 is 9.53 Å². The molecule has 17 heavy (non-hydrogen) atoms. The van der Waals surface area contributed by atoms with Gasteiger partial charge in [-0.2, -0.15) is 0 Å². The third-order valence-electron chi connectivity index (χ3n) is 2.55. The Hall–Kier alpha value is -1.42. The summed E-state index contributed by atoms with van der Waals surface area (Å²) in [6.07, 6.45) is 2.19. The standard InChI is InChI=1S/C12H15ClN2O2/c1-17-11-5-4-9(6-10(11)13)14-7-12(16)15-8-2-3-8/h4-6,8,14H,2-3,7H2,1H3,(H,15,16). The number of hydrogen-bond donors (Lipinski definition) is 2. The molecule has 0 saturated heterocycles. The van der Waals surface area contributed by atoms with Crippen LogP contribution in [0.15, 0.2) is 18.2 Å². The van der Waals surface area contributed by atoms with Crippen molar-refractivity contribution >= 4 is 23.2 Å². The molecule has 0 aromatic heterocycles. The number of hydrogen-bond acceptors (Lipinski definition) is 3. The van der Waals surface area contributed by atoms with Crippen LogP contribution in [-0.4, -0.2) is 25.6 Å². The minimum absolute atomic E-state index is 0.0134. The highest BCUT2D eigenvalue weighted by Gasteiger charge is 2.22. The molecular weight excluding hydrogens is 240 g/mol. The molecule has 0 atom stereocenters. The van der Waals surface area contributed by atoms with Crippen molar-refractivity contribution in [1.29, 1.82) is 0 Å². The van der Waals surface area contributed by atoms with E-state index in [-0.39, 0.29) is 12.5 Å². The molecule has 0 heterocycles. The molecule has 0 aliphatic heterocycles. The summed E-state index contributed by atoms with van der Waals surface area (Å²) in [6.45, 7) is 0.263. The fraction of sp³-hybridized carbons (Fsp3) is 0.417. The number of ether oxygens (including phenoxy) is 1. The van der Waals surface area contributed by atoms with Crippen LogP contribution in [0.3, 0.4) is 0 Å². The highest BCUT2D eigenvalue weighted by Crippen LogP contribution is 2.27. The zero-order valence-corrected chi connectivity index (χ0v) is 10.4. The van der Waals surface area contributed by atoms with Crippen molar-refractivity contribution in [3.8, 4) is 5.75 Å². The molecule has 2 rings (SSSR count). The third kappa shape index (κ3) is 3.53. The van der Waals surface area contributed by atoms with E-state index in [2.05, 4.69) is 10.6 Å². The number of halogens is 1. The number of carbonyl (C=O) groups is 1. The number of benzene rings is 1. The Bertz CT molecular complexity index is 419. The molecule has 0 unspecified atom stereocenters. The van der Waals surface area contributed by atoms with Crippen molar-refractivity contribution in [1.82, 2.24) is 5.32 Å². The highest BCUT2D eigenvalue weighted by atomic mass is 35.5. The normalized spacial score (nSPS) is 14.2. The first-order valence-corrected chi connectivity index (χ1v) is 5.93. The van der Waals surface area contributed by atoms with Gasteiger partial charge in [0.25, 0.3) is 0 Å². The summed E-state index contributed by atoms with van der Waals surface area (Å²) in [4.78, 5) is 11.4. The van der Waals surface area contributed by atoms with Gasteiger partial charge in [0.15, 0.2) is 0 Å². The number of nitrogens with one attached hydrogen (secondary N) is 2. The van der Waals surface area contributed by atoms with Gasteiger partial charge in [-0.25, -0.2) is 0 Å². The molecular formula is C12H15ClN2O2. The lowest BCUT2D eigenvalue weighted by atomic mass is 10.3. The van der Waals surface area contributed by atoms with E-state index < -0.39 is 0 Å². The maximum absolute atomic E-state index is 11.4. The molecule has 0 bridgehead atoms. The topological polar surface area (TPSA) is 50.4 Å². The van der Waals surface area contributed by atoms with E-state index >= 15 is 0 Å². The van der Waals surface area contributed by atoms with Gasteiger partial charge in [0.2, 0.25) is 5.91 Å². The Kier molecular flexibility index (Phi) is 3.74. The molecule has 1 fully saturated rings. The Morgan fingerprint density at radius 2 is 2.29 bits per heavy atom. The number of amides is 1. The highest BCUT2D eigenvalue weighted by molar-refractivity contribution is 6.32. The Balaban J connectivity index is 1.85. The fourth-order valence-electron chi connectivity index (χ4n) is 1.47. The molecule has 1 aromatic rings. The number of methoxy groups -OCH3 is 1. The second-order valence-corrected chi connectivity index (χ2v) is 4.45.